The molecule has 0 fully saturated rings. The first-order valence-corrected chi connectivity index (χ1v) is 7.17. The molecule has 0 aliphatic carbocycles. The molecule has 0 spiro atoms. The van der Waals surface area contributed by atoms with Gasteiger partial charge in [0.05, 0.1) is 18.0 Å². The van der Waals surface area contributed by atoms with Gasteiger partial charge in [-0.15, -0.1) is 0 Å². The molecule has 2 N–H and O–H groups in total. The van der Waals surface area contributed by atoms with Crippen molar-refractivity contribution in [3.8, 4) is 5.75 Å². The van der Waals surface area contributed by atoms with Gasteiger partial charge < -0.3 is 9.72 Å². The predicted octanol–water partition coefficient (Wildman–Crippen LogP) is 1.46. The summed E-state index contributed by atoms with van der Waals surface area (Å²) in [6.07, 6.45) is 3.22. The van der Waals surface area contributed by atoms with E-state index >= 15 is 0 Å². The normalized spacial score (nSPS) is 13.2. The van der Waals surface area contributed by atoms with Gasteiger partial charge in [0.1, 0.15) is 11.6 Å². The summed E-state index contributed by atoms with van der Waals surface area (Å²) in [4.78, 5) is 7.05. The van der Waals surface area contributed by atoms with Gasteiger partial charge in [-0.25, -0.2) is 18.1 Å². The number of sulfonamides is 1. The number of benzene rings is 1. The third-order valence-electron chi connectivity index (χ3n) is 2.61. The predicted molar refractivity (Wildman–Crippen MR) is 70.3 cm³/mol. The van der Waals surface area contributed by atoms with Gasteiger partial charge in [0.15, 0.2) is 0 Å². The Labute approximate surface area is 111 Å². The number of aromatic nitrogens is 2. The van der Waals surface area contributed by atoms with E-state index in [4.69, 9.17) is 4.74 Å². The van der Waals surface area contributed by atoms with Gasteiger partial charge >= 0.3 is 0 Å². The summed E-state index contributed by atoms with van der Waals surface area (Å²) in [5.41, 5.74) is 0. The topological polar surface area (TPSA) is 84.1 Å². The number of nitrogens with one attached hydrogen (secondary N) is 2. The van der Waals surface area contributed by atoms with Crippen molar-refractivity contribution in [2.75, 3.05) is 7.11 Å². The second-order valence-corrected chi connectivity index (χ2v) is 5.71. The van der Waals surface area contributed by atoms with Crippen molar-refractivity contribution in [1.82, 2.24) is 14.7 Å². The molecule has 1 aromatic carbocycles. The highest BCUT2D eigenvalue weighted by atomic mass is 32.2. The molecule has 7 heteroatoms. The fraction of sp³-hybridized carbons (Fsp3) is 0.250. The summed E-state index contributed by atoms with van der Waals surface area (Å²) in [5.74, 6) is 1.06. The van der Waals surface area contributed by atoms with Crippen LogP contribution in [0.4, 0.5) is 0 Å². The van der Waals surface area contributed by atoms with E-state index in [2.05, 4.69) is 14.7 Å². The van der Waals surface area contributed by atoms with Crippen LogP contribution >= 0.6 is 0 Å². The molecule has 6 nitrogen and oxygen atoms in total. The monoisotopic (exact) mass is 281 g/mol. The molecule has 1 heterocycles. The Bertz CT molecular complexity index is 638. The Kier molecular flexibility index (Phi) is 3.87. The first kappa shape index (κ1) is 13.6. The number of hydrogen-bond donors (Lipinski definition) is 2. The highest BCUT2D eigenvalue weighted by Crippen LogP contribution is 2.19. The molecule has 1 atom stereocenters. The van der Waals surface area contributed by atoms with Crippen LogP contribution in [0.2, 0.25) is 0 Å². The lowest BCUT2D eigenvalue weighted by molar-refractivity contribution is 0.413. The third-order valence-corrected chi connectivity index (χ3v) is 4.15. The molecule has 2 rings (SSSR count). The van der Waals surface area contributed by atoms with Gasteiger partial charge in [0, 0.05) is 18.5 Å². The largest absolute Gasteiger partial charge is 0.497 e. The van der Waals surface area contributed by atoms with Crippen molar-refractivity contribution >= 4 is 10.0 Å². The zero-order chi connectivity index (χ0) is 13.9. The van der Waals surface area contributed by atoms with Gasteiger partial charge in [-0.3, -0.25) is 0 Å². The number of imidazole rings is 1. The minimum absolute atomic E-state index is 0.158. The number of methoxy groups -OCH3 is 1. The average molecular weight is 281 g/mol. The molecule has 0 amide bonds. The number of aromatic amines is 1. The Morgan fingerprint density at radius 3 is 2.84 bits per heavy atom. The lowest BCUT2D eigenvalue weighted by Gasteiger charge is -2.12. The summed E-state index contributed by atoms with van der Waals surface area (Å²) >= 11 is 0. The van der Waals surface area contributed by atoms with E-state index in [1.165, 1.54) is 19.2 Å². The minimum atomic E-state index is -3.61. The van der Waals surface area contributed by atoms with Crippen LogP contribution < -0.4 is 9.46 Å². The highest BCUT2D eigenvalue weighted by Gasteiger charge is 2.19. The van der Waals surface area contributed by atoms with E-state index in [-0.39, 0.29) is 4.90 Å². The smallest absolute Gasteiger partial charge is 0.241 e. The average Bonchev–Trinajstić information content (AvgIpc) is 2.92. The maximum Gasteiger partial charge on any atom is 0.241 e. The maximum absolute atomic E-state index is 12.2. The molecule has 2 aromatic rings. The standard InChI is InChI=1S/C12H15N3O3S/c1-9(12-13-6-7-14-12)15-19(16,17)11-5-3-4-10(8-11)18-2/h3-9,15H,1-2H3,(H,13,14). The Morgan fingerprint density at radius 2 is 2.21 bits per heavy atom. The van der Waals surface area contributed by atoms with Crippen LogP contribution in [0.15, 0.2) is 41.6 Å². The van der Waals surface area contributed by atoms with E-state index in [0.717, 1.165) is 0 Å². The zero-order valence-corrected chi connectivity index (χ0v) is 11.4. The summed E-state index contributed by atoms with van der Waals surface area (Å²) < 4.78 is 32.0. The van der Waals surface area contributed by atoms with Gasteiger partial charge in [-0.05, 0) is 19.1 Å². The lowest BCUT2D eigenvalue weighted by atomic mass is 10.3. The molecular weight excluding hydrogens is 266 g/mol. The summed E-state index contributed by atoms with van der Waals surface area (Å²) in [6, 6.07) is 5.86. The van der Waals surface area contributed by atoms with Crippen molar-refractivity contribution in [1.29, 1.82) is 0 Å². The molecule has 0 bridgehead atoms. The zero-order valence-electron chi connectivity index (χ0n) is 10.6. The first-order chi connectivity index (χ1) is 9.03. The first-order valence-electron chi connectivity index (χ1n) is 5.68. The molecule has 0 saturated carbocycles. The lowest BCUT2D eigenvalue weighted by Crippen LogP contribution is -2.27. The van der Waals surface area contributed by atoms with Crippen molar-refractivity contribution in [3.05, 3.63) is 42.5 Å². The van der Waals surface area contributed by atoms with Crippen LogP contribution in [-0.2, 0) is 10.0 Å². The summed E-state index contributed by atoms with van der Waals surface area (Å²) in [5, 5.41) is 0. The summed E-state index contributed by atoms with van der Waals surface area (Å²) in [7, 11) is -2.12. The van der Waals surface area contributed by atoms with Gasteiger partial charge in [-0.1, -0.05) is 6.07 Å². The minimum Gasteiger partial charge on any atom is -0.497 e. The Balaban J connectivity index is 2.22. The van der Waals surface area contributed by atoms with Crippen LogP contribution in [0.25, 0.3) is 0 Å². The van der Waals surface area contributed by atoms with E-state index in [1.54, 1.807) is 31.5 Å². The van der Waals surface area contributed by atoms with Crippen molar-refractivity contribution in [3.63, 3.8) is 0 Å². The summed E-state index contributed by atoms with van der Waals surface area (Å²) in [6.45, 7) is 1.72. The third kappa shape index (κ3) is 3.12. The van der Waals surface area contributed by atoms with Gasteiger partial charge in [0.25, 0.3) is 0 Å². The molecule has 1 unspecified atom stereocenters. The van der Waals surface area contributed by atoms with Gasteiger partial charge in [-0.2, -0.15) is 0 Å². The highest BCUT2D eigenvalue weighted by molar-refractivity contribution is 7.89. The van der Waals surface area contributed by atoms with Crippen LogP contribution in [0.3, 0.4) is 0 Å². The molecule has 0 saturated heterocycles. The molecule has 102 valence electrons. The van der Waals surface area contributed by atoms with Crippen LogP contribution in [0, 0.1) is 0 Å². The SMILES string of the molecule is COc1cccc(S(=O)(=O)NC(C)c2ncc[nH]2)c1. The van der Waals surface area contributed by atoms with Crippen molar-refractivity contribution in [2.24, 2.45) is 0 Å². The fourth-order valence-electron chi connectivity index (χ4n) is 1.64. The number of hydrogen-bond acceptors (Lipinski definition) is 4. The van der Waals surface area contributed by atoms with Crippen molar-refractivity contribution in [2.45, 2.75) is 17.9 Å². The van der Waals surface area contributed by atoms with Crippen LogP contribution in [0.1, 0.15) is 18.8 Å². The Morgan fingerprint density at radius 1 is 1.42 bits per heavy atom. The van der Waals surface area contributed by atoms with Crippen LogP contribution in [0.5, 0.6) is 5.75 Å². The van der Waals surface area contributed by atoms with E-state index in [9.17, 15) is 8.42 Å². The number of rotatable bonds is 5. The fourth-order valence-corrected chi connectivity index (χ4v) is 2.88. The second kappa shape index (κ2) is 5.41. The van der Waals surface area contributed by atoms with E-state index < -0.39 is 16.1 Å². The van der Waals surface area contributed by atoms with Crippen molar-refractivity contribution < 1.29 is 13.2 Å². The van der Waals surface area contributed by atoms with E-state index in [1.807, 2.05) is 0 Å². The number of nitrogens with zero attached hydrogens (tertiary/aromatic N) is 1. The van der Waals surface area contributed by atoms with E-state index in [0.29, 0.717) is 11.6 Å². The van der Waals surface area contributed by atoms with Gasteiger partial charge in [0.2, 0.25) is 10.0 Å². The number of ether oxygens (including phenoxy) is 1. The second-order valence-electron chi connectivity index (χ2n) is 4.00. The molecular formula is C12H15N3O3S. The molecule has 0 aliphatic heterocycles. The molecule has 0 aliphatic rings. The molecule has 1 aromatic heterocycles. The number of H-pyrrole nitrogens is 1. The quantitative estimate of drug-likeness (QED) is 0.869. The maximum atomic E-state index is 12.2. The molecule has 0 radical (unpaired) electrons. The van der Waals surface area contributed by atoms with Crippen LogP contribution in [-0.4, -0.2) is 25.5 Å². The Hall–Kier alpha value is -1.86. The molecule has 19 heavy (non-hydrogen) atoms.